The quantitative estimate of drug-likeness (QED) is 0.802. The number of nitrogens with zero attached hydrogens (tertiary/aromatic N) is 2. The SMILES string of the molecule is CCOc1ncc(CNC)c(C(C)C)n1. The Labute approximate surface area is 91.1 Å². The molecule has 0 radical (unpaired) electrons. The second kappa shape index (κ2) is 5.66. The standard InChI is InChI=1S/C11H19N3O/c1-5-15-11-13-7-9(6-12-4)10(14-11)8(2)3/h7-8,12H,5-6H2,1-4H3. The van der Waals surface area contributed by atoms with Crippen LogP contribution in [0.2, 0.25) is 0 Å². The van der Waals surface area contributed by atoms with Gasteiger partial charge < -0.3 is 10.1 Å². The lowest BCUT2D eigenvalue weighted by Gasteiger charge is -2.12. The highest BCUT2D eigenvalue weighted by Gasteiger charge is 2.10. The van der Waals surface area contributed by atoms with Crippen molar-refractivity contribution in [3.05, 3.63) is 17.5 Å². The molecule has 0 saturated carbocycles. The maximum absolute atomic E-state index is 5.29. The van der Waals surface area contributed by atoms with Crippen LogP contribution in [0.15, 0.2) is 6.20 Å². The van der Waals surface area contributed by atoms with E-state index in [1.54, 1.807) is 0 Å². The van der Waals surface area contributed by atoms with E-state index in [9.17, 15) is 0 Å². The zero-order valence-electron chi connectivity index (χ0n) is 9.87. The van der Waals surface area contributed by atoms with Gasteiger partial charge in [0.25, 0.3) is 0 Å². The Morgan fingerprint density at radius 3 is 2.73 bits per heavy atom. The van der Waals surface area contributed by atoms with Crippen LogP contribution in [0, 0.1) is 0 Å². The molecule has 0 fully saturated rings. The van der Waals surface area contributed by atoms with Crippen LogP contribution in [0.1, 0.15) is 37.9 Å². The molecule has 1 aromatic rings. The predicted molar refractivity (Wildman–Crippen MR) is 60.1 cm³/mol. The lowest BCUT2D eigenvalue weighted by atomic mass is 10.1. The lowest BCUT2D eigenvalue weighted by Crippen LogP contribution is -2.12. The second-order valence-electron chi connectivity index (χ2n) is 3.68. The second-order valence-corrected chi connectivity index (χ2v) is 3.68. The monoisotopic (exact) mass is 209 g/mol. The molecule has 0 aromatic carbocycles. The molecule has 1 heterocycles. The molecule has 0 amide bonds. The minimum Gasteiger partial charge on any atom is -0.464 e. The van der Waals surface area contributed by atoms with Crippen molar-refractivity contribution < 1.29 is 4.74 Å². The molecule has 0 aliphatic rings. The molecular weight excluding hydrogens is 190 g/mol. The van der Waals surface area contributed by atoms with Crippen molar-refractivity contribution in [2.45, 2.75) is 33.2 Å². The Balaban J connectivity index is 2.97. The first kappa shape index (κ1) is 11.9. The Kier molecular flexibility index (Phi) is 4.49. The summed E-state index contributed by atoms with van der Waals surface area (Å²) < 4.78 is 5.29. The summed E-state index contributed by atoms with van der Waals surface area (Å²) in [5, 5.41) is 3.11. The maximum Gasteiger partial charge on any atom is 0.316 e. The molecule has 1 N–H and O–H groups in total. The third kappa shape index (κ3) is 3.16. The minimum atomic E-state index is 0.385. The van der Waals surface area contributed by atoms with Crippen molar-refractivity contribution >= 4 is 0 Å². The van der Waals surface area contributed by atoms with Gasteiger partial charge in [0.15, 0.2) is 0 Å². The lowest BCUT2D eigenvalue weighted by molar-refractivity contribution is 0.310. The van der Waals surface area contributed by atoms with Crippen LogP contribution in [0.25, 0.3) is 0 Å². The fourth-order valence-electron chi connectivity index (χ4n) is 1.43. The maximum atomic E-state index is 5.29. The largest absolute Gasteiger partial charge is 0.464 e. The average molecular weight is 209 g/mol. The molecule has 1 aromatic heterocycles. The molecule has 0 aliphatic heterocycles. The van der Waals surface area contributed by atoms with Crippen molar-refractivity contribution in [3.8, 4) is 6.01 Å². The normalized spacial score (nSPS) is 10.7. The Morgan fingerprint density at radius 2 is 2.20 bits per heavy atom. The number of hydrogen-bond acceptors (Lipinski definition) is 4. The van der Waals surface area contributed by atoms with E-state index in [-0.39, 0.29) is 0 Å². The van der Waals surface area contributed by atoms with Gasteiger partial charge in [-0.1, -0.05) is 13.8 Å². The predicted octanol–water partition coefficient (Wildman–Crippen LogP) is 1.72. The molecule has 4 heteroatoms. The molecule has 0 unspecified atom stereocenters. The molecule has 15 heavy (non-hydrogen) atoms. The molecule has 4 nitrogen and oxygen atoms in total. The van der Waals surface area contributed by atoms with E-state index in [0.29, 0.717) is 18.5 Å². The van der Waals surface area contributed by atoms with Crippen LogP contribution >= 0.6 is 0 Å². The summed E-state index contributed by atoms with van der Waals surface area (Å²) in [5.74, 6) is 0.385. The third-order valence-electron chi connectivity index (χ3n) is 2.06. The van der Waals surface area contributed by atoms with Crippen LogP contribution in [0.3, 0.4) is 0 Å². The van der Waals surface area contributed by atoms with Crippen molar-refractivity contribution in [1.82, 2.24) is 15.3 Å². The molecule has 0 aliphatic carbocycles. The van der Waals surface area contributed by atoms with Gasteiger partial charge in [-0.3, -0.25) is 0 Å². The van der Waals surface area contributed by atoms with Crippen molar-refractivity contribution in [2.75, 3.05) is 13.7 Å². The molecule has 0 atom stereocenters. The highest BCUT2D eigenvalue weighted by molar-refractivity contribution is 5.22. The fraction of sp³-hybridized carbons (Fsp3) is 0.636. The zero-order chi connectivity index (χ0) is 11.3. The van der Waals surface area contributed by atoms with E-state index in [0.717, 1.165) is 17.8 Å². The Hall–Kier alpha value is -1.16. The topological polar surface area (TPSA) is 47.0 Å². The van der Waals surface area contributed by atoms with Crippen LogP contribution < -0.4 is 10.1 Å². The summed E-state index contributed by atoms with van der Waals surface area (Å²) in [6, 6.07) is 0.473. The summed E-state index contributed by atoms with van der Waals surface area (Å²) >= 11 is 0. The van der Waals surface area contributed by atoms with Gasteiger partial charge in [-0.15, -0.1) is 0 Å². The van der Waals surface area contributed by atoms with E-state index in [1.807, 2.05) is 20.2 Å². The van der Waals surface area contributed by atoms with E-state index >= 15 is 0 Å². The van der Waals surface area contributed by atoms with Crippen LogP contribution in [0.4, 0.5) is 0 Å². The molecule has 1 rings (SSSR count). The fourth-order valence-corrected chi connectivity index (χ4v) is 1.43. The summed E-state index contributed by atoms with van der Waals surface area (Å²) in [7, 11) is 1.92. The van der Waals surface area contributed by atoms with Gasteiger partial charge in [0.1, 0.15) is 0 Å². The van der Waals surface area contributed by atoms with E-state index in [4.69, 9.17) is 4.74 Å². The summed E-state index contributed by atoms with van der Waals surface area (Å²) in [4.78, 5) is 8.56. The van der Waals surface area contributed by atoms with Gasteiger partial charge in [0.05, 0.1) is 12.3 Å². The molecular formula is C11H19N3O. The van der Waals surface area contributed by atoms with Crippen LogP contribution in [-0.2, 0) is 6.54 Å². The van der Waals surface area contributed by atoms with Gasteiger partial charge in [-0.2, -0.15) is 4.98 Å². The third-order valence-corrected chi connectivity index (χ3v) is 2.06. The van der Waals surface area contributed by atoms with Crippen LogP contribution in [-0.4, -0.2) is 23.6 Å². The number of hydrogen-bond donors (Lipinski definition) is 1. The van der Waals surface area contributed by atoms with Gasteiger partial charge in [-0.25, -0.2) is 4.98 Å². The van der Waals surface area contributed by atoms with Gasteiger partial charge in [0.2, 0.25) is 0 Å². The van der Waals surface area contributed by atoms with Gasteiger partial charge in [-0.05, 0) is 19.9 Å². The van der Waals surface area contributed by atoms with Crippen molar-refractivity contribution in [1.29, 1.82) is 0 Å². The zero-order valence-corrected chi connectivity index (χ0v) is 9.87. The van der Waals surface area contributed by atoms with Crippen LogP contribution in [0.5, 0.6) is 6.01 Å². The molecule has 0 bridgehead atoms. The molecule has 0 spiro atoms. The smallest absolute Gasteiger partial charge is 0.316 e. The first-order chi connectivity index (χ1) is 7.19. The average Bonchev–Trinajstić information content (AvgIpc) is 2.21. The first-order valence-electron chi connectivity index (χ1n) is 5.32. The summed E-state index contributed by atoms with van der Waals surface area (Å²) in [5.41, 5.74) is 2.19. The first-order valence-corrected chi connectivity index (χ1v) is 5.32. The number of nitrogens with one attached hydrogen (secondary N) is 1. The van der Waals surface area contributed by atoms with Crippen molar-refractivity contribution in [3.63, 3.8) is 0 Å². The van der Waals surface area contributed by atoms with E-state index in [2.05, 4.69) is 29.1 Å². The summed E-state index contributed by atoms with van der Waals surface area (Å²) in [6.07, 6.45) is 1.84. The highest BCUT2D eigenvalue weighted by Crippen LogP contribution is 2.18. The molecule has 84 valence electrons. The Morgan fingerprint density at radius 1 is 1.47 bits per heavy atom. The summed E-state index contributed by atoms with van der Waals surface area (Å²) in [6.45, 7) is 7.57. The van der Waals surface area contributed by atoms with Gasteiger partial charge in [0, 0.05) is 18.3 Å². The van der Waals surface area contributed by atoms with Gasteiger partial charge >= 0.3 is 6.01 Å². The minimum absolute atomic E-state index is 0.385. The van der Waals surface area contributed by atoms with E-state index < -0.39 is 0 Å². The van der Waals surface area contributed by atoms with E-state index in [1.165, 1.54) is 0 Å². The highest BCUT2D eigenvalue weighted by atomic mass is 16.5. The Bertz CT molecular complexity index is 313. The number of aromatic nitrogens is 2. The molecule has 0 saturated heterocycles. The number of rotatable bonds is 5. The number of ether oxygens (including phenoxy) is 1. The van der Waals surface area contributed by atoms with Crippen molar-refractivity contribution in [2.24, 2.45) is 0 Å².